The van der Waals surface area contributed by atoms with Crippen LogP contribution in [0.5, 0.6) is 5.75 Å². The van der Waals surface area contributed by atoms with Crippen LogP contribution in [0.2, 0.25) is 0 Å². The summed E-state index contributed by atoms with van der Waals surface area (Å²) >= 11 is 0. The lowest BCUT2D eigenvalue weighted by atomic mass is 10.1. The maximum Gasteiger partial charge on any atom is 0.326 e. The summed E-state index contributed by atoms with van der Waals surface area (Å²) in [5.41, 5.74) is 3.21. The monoisotopic (exact) mass is 379 g/mol. The summed E-state index contributed by atoms with van der Waals surface area (Å²) in [6.45, 7) is 0.544. The van der Waals surface area contributed by atoms with Gasteiger partial charge >= 0.3 is 5.69 Å². The maximum absolute atomic E-state index is 12.5. The molecule has 3 aromatic rings. The number of hydrogen-bond donors (Lipinski definition) is 2. The van der Waals surface area contributed by atoms with Gasteiger partial charge in [0.25, 0.3) is 5.91 Å². The summed E-state index contributed by atoms with van der Waals surface area (Å²) in [5.74, 6) is 0.685. The Kier molecular flexibility index (Phi) is 5.19. The zero-order valence-corrected chi connectivity index (χ0v) is 16.0. The van der Waals surface area contributed by atoms with Crippen LogP contribution in [0.1, 0.15) is 47.6 Å². The zero-order chi connectivity index (χ0) is 19.5. The van der Waals surface area contributed by atoms with Crippen LogP contribution in [-0.2, 0) is 6.42 Å². The van der Waals surface area contributed by atoms with Crippen LogP contribution in [0, 0.1) is 0 Å². The van der Waals surface area contributed by atoms with E-state index in [1.54, 1.807) is 19.2 Å². The normalized spacial score (nSPS) is 14.5. The molecular formula is C22H25N3O3. The minimum absolute atomic E-state index is 0.0843. The molecule has 1 saturated carbocycles. The van der Waals surface area contributed by atoms with E-state index >= 15 is 0 Å². The van der Waals surface area contributed by atoms with Crippen molar-refractivity contribution in [1.29, 1.82) is 0 Å². The molecule has 1 amide bonds. The van der Waals surface area contributed by atoms with E-state index in [0.717, 1.165) is 41.6 Å². The molecule has 1 aliphatic carbocycles. The van der Waals surface area contributed by atoms with Crippen LogP contribution in [-0.4, -0.2) is 29.1 Å². The van der Waals surface area contributed by atoms with Crippen LogP contribution >= 0.6 is 0 Å². The van der Waals surface area contributed by atoms with E-state index in [-0.39, 0.29) is 17.6 Å². The molecule has 2 N–H and O–H groups in total. The van der Waals surface area contributed by atoms with Crippen molar-refractivity contribution in [3.05, 3.63) is 64.1 Å². The van der Waals surface area contributed by atoms with Gasteiger partial charge in [-0.3, -0.25) is 9.36 Å². The van der Waals surface area contributed by atoms with E-state index in [4.69, 9.17) is 4.74 Å². The highest BCUT2D eigenvalue weighted by Gasteiger charge is 2.21. The highest BCUT2D eigenvalue weighted by Crippen LogP contribution is 2.30. The number of imidazole rings is 1. The van der Waals surface area contributed by atoms with Gasteiger partial charge in [-0.1, -0.05) is 25.0 Å². The van der Waals surface area contributed by atoms with Crippen molar-refractivity contribution >= 4 is 16.9 Å². The number of nitrogens with zero attached hydrogens (tertiary/aromatic N) is 1. The van der Waals surface area contributed by atoms with Crippen molar-refractivity contribution in [2.24, 2.45) is 0 Å². The molecule has 6 heteroatoms. The van der Waals surface area contributed by atoms with Crippen molar-refractivity contribution in [1.82, 2.24) is 14.9 Å². The smallest absolute Gasteiger partial charge is 0.326 e. The number of nitrogens with one attached hydrogen (secondary N) is 2. The van der Waals surface area contributed by atoms with E-state index in [1.807, 2.05) is 34.9 Å². The predicted molar refractivity (Wildman–Crippen MR) is 109 cm³/mol. The Morgan fingerprint density at radius 3 is 2.64 bits per heavy atom. The number of ether oxygens (including phenoxy) is 1. The Bertz CT molecular complexity index is 1030. The first-order valence-electron chi connectivity index (χ1n) is 9.81. The minimum Gasteiger partial charge on any atom is -0.497 e. The van der Waals surface area contributed by atoms with Gasteiger partial charge in [-0.25, -0.2) is 4.79 Å². The second kappa shape index (κ2) is 7.92. The number of amides is 1. The molecule has 0 unspecified atom stereocenters. The summed E-state index contributed by atoms with van der Waals surface area (Å²) in [6, 6.07) is 13.5. The number of benzene rings is 2. The molecule has 0 aliphatic heterocycles. The predicted octanol–water partition coefficient (Wildman–Crippen LogP) is 3.43. The van der Waals surface area contributed by atoms with Gasteiger partial charge < -0.3 is 15.0 Å². The van der Waals surface area contributed by atoms with Gasteiger partial charge in [0, 0.05) is 18.2 Å². The van der Waals surface area contributed by atoms with Gasteiger partial charge in [0.2, 0.25) is 0 Å². The van der Waals surface area contributed by atoms with E-state index in [1.165, 1.54) is 12.8 Å². The van der Waals surface area contributed by atoms with Crippen LogP contribution in [0.3, 0.4) is 0 Å². The summed E-state index contributed by atoms with van der Waals surface area (Å²) in [6.07, 6.45) is 5.16. The zero-order valence-electron chi connectivity index (χ0n) is 16.0. The molecule has 1 fully saturated rings. The number of methoxy groups -OCH3 is 1. The molecule has 0 radical (unpaired) electrons. The van der Waals surface area contributed by atoms with E-state index in [2.05, 4.69) is 10.3 Å². The van der Waals surface area contributed by atoms with Crippen molar-refractivity contribution in [3.8, 4) is 5.75 Å². The van der Waals surface area contributed by atoms with Crippen molar-refractivity contribution in [3.63, 3.8) is 0 Å². The summed E-state index contributed by atoms with van der Waals surface area (Å²) in [4.78, 5) is 27.8. The number of H-pyrrole nitrogens is 1. The van der Waals surface area contributed by atoms with Crippen LogP contribution in [0.25, 0.3) is 11.0 Å². The Balaban J connectivity index is 1.43. The number of carbonyl (C=O) groups is 1. The molecule has 4 rings (SSSR count). The molecule has 28 heavy (non-hydrogen) atoms. The first-order chi connectivity index (χ1) is 13.7. The summed E-state index contributed by atoms with van der Waals surface area (Å²) in [7, 11) is 1.64. The maximum atomic E-state index is 12.5. The largest absolute Gasteiger partial charge is 0.497 e. The third-order valence-corrected chi connectivity index (χ3v) is 5.53. The lowest BCUT2D eigenvalue weighted by Crippen LogP contribution is -2.25. The van der Waals surface area contributed by atoms with Gasteiger partial charge in [-0.2, -0.15) is 0 Å². The van der Waals surface area contributed by atoms with Gasteiger partial charge in [-0.05, 0) is 55.2 Å². The average molecular weight is 379 g/mol. The van der Waals surface area contributed by atoms with Crippen LogP contribution < -0.4 is 15.7 Å². The Hall–Kier alpha value is -3.02. The first kappa shape index (κ1) is 18.3. The molecule has 1 aliphatic rings. The highest BCUT2D eigenvalue weighted by molar-refractivity contribution is 5.97. The Labute approximate surface area is 163 Å². The molecule has 0 atom stereocenters. The number of aromatic nitrogens is 2. The average Bonchev–Trinajstić information content (AvgIpc) is 3.34. The quantitative estimate of drug-likeness (QED) is 0.689. The molecule has 0 saturated heterocycles. The molecule has 146 valence electrons. The van der Waals surface area contributed by atoms with E-state index < -0.39 is 0 Å². The number of rotatable bonds is 6. The van der Waals surface area contributed by atoms with Crippen molar-refractivity contribution in [2.45, 2.75) is 38.1 Å². The SMILES string of the molecule is COc1ccc(CCNC(=O)c2ccc3c(c2)[nH]c(=O)n3C2CCCC2)cc1. The topological polar surface area (TPSA) is 76.1 Å². The van der Waals surface area contributed by atoms with Gasteiger partial charge in [0.15, 0.2) is 0 Å². The fraction of sp³-hybridized carbons (Fsp3) is 0.364. The fourth-order valence-electron chi connectivity index (χ4n) is 4.01. The summed E-state index contributed by atoms with van der Waals surface area (Å²) < 4.78 is 7.01. The number of fused-ring (bicyclic) bond motifs is 1. The second-order valence-corrected chi connectivity index (χ2v) is 7.32. The van der Waals surface area contributed by atoms with Crippen molar-refractivity contribution in [2.75, 3.05) is 13.7 Å². The Morgan fingerprint density at radius 2 is 1.93 bits per heavy atom. The molecule has 1 heterocycles. The van der Waals surface area contributed by atoms with Crippen molar-refractivity contribution < 1.29 is 9.53 Å². The number of hydrogen-bond acceptors (Lipinski definition) is 3. The van der Waals surface area contributed by atoms with Gasteiger partial charge in [0.05, 0.1) is 18.1 Å². The second-order valence-electron chi connectivity index (χ2n) is 7.32. The standard InChI is InChI=1S/C22H25N3O3/c1-28-18-9-6-15(7-10-18)12-13-23-21(26)16-8-11-20-19(14-16)24-22(27)25(20)17-4-2-3-5-17/h6-11,14,17H,2-5,12-13H2,1H3,(H,23,26)(H,24,27). The lowest BCUT2D eigenvalue weighted by molar-refractivity contribution is 0.0954. The van der Waals surface area contributed by atoms with Crippen LogP contribution in [0.4, 0.5) is 0 Å². The highest BCUT2D eigenvalue weighted by atomic mass is 16.5. The van der Waals surface area contributed by atoms with E-state index in [0.29, 0.717) is 12.1 Å². The lowest BCUT2D eigenvalue weighted by Gasteiger charge is -2.11. The molecule has 0 spiro atoms. The van der Waals surface area contributed by atoms with E-state index in [9.17, 15) is 9.59 Å². The van der Waals surface area contributed by atoms with Crippen LogP contribution in [0.15, 0.2) is 47.3 Å². The fourth-order valence-corrected chi connectivity index (χ4v) is 4.01. The number of carbonyl (C=O) groups excluding carboxylic acids is 1. The minimum atomic E-state index is -0.134. The molecule has 0 bridgehead atoms. The summed E-state index contributed by atoms with van der Waals surface area (Å²) in [5, 5.41) is 2.95. The molecule has 1 aromatic heterocycles. The third-order valence-electron chi connectivity index (χ3n) is 5.53. The molecule has 6 nitrogen and oxygen atoms in total. The Morgan fingerprint density at radius 1 is 1.18 bits per heavy atom. The van der Waals surface area contributed by atoms with Gasteiger partial charge in [-0.15, -0.1) is 0 Å². The molecular weight excluding hydrogens is 354 g/mol. The first-order valence-corrected chi connectivity index (χ1v) is 9.81. The van der Waals surface area contributed by atoms with Gasteiger partial charge in [0.1, 0.15) is 5.75 Å². The third kappa shape index (κ3) is 3.67. The number of aromatic amines is 1. The molecule has 2 aromatic carbocycles.